The molecule has 156 valence electrons. The molecule has 33 heavy (non-hydrogen) atoms. The van der Waals surface area contributed by atoms with Gasteiger partial charge in [0.2, 0.25) is 5.28 Å². The Hall–Kier alpha value is -4.22. The van der Waals surface area contributed by atoms with Crippen molar-refractivity contribution in [3.8, 4) is 22.8 Å². The van der Waals surface area contributed by atoms with Crippen LogP contribution in [0.25, 0.3) is 66.7 Å². The number of para-hydroxylation sites is 3. The van der Waals surface area contributed by atoms with Gasteiger partial charge in [-0.05, 0) is 35.9 Å². The average Bonchev–Trinajstić information content (AvgIpc) is 3.42. The van der Waals surface area contributed by atoms with Crippen LogP contribution in [0.3, 0.4) is 0 Å². The number of halogens is 1. The summed E-state index contributed by atoms with van der Waals surface area (Å²) in [6, 6.07) is 27.7. The quantitative estimate of drug-likeness (QED) is 0.272. The van der Waals surface area contributed by atoms with Crippen LogP contribution in [0.4, 0.5) is 0 Å². The van der Waals surface area contributed by atoms with Crippen LogP contribution in [0, 0.1) is 0 Å². The van der Waals surface area contributed by atoms with E-state index >= 15 is 0 Å². The van der Waals surface area contributed by atoms with Crippen molar-refractivity contribution in [3.05, 3.63) is 90.2 Å². The topological polar surface area (TPSA) is 65.0 Å². The molecule has 0 amide bonds. The molecule has 4 aromatic carbocycles. The fourth-order valence-electron chi connectivity index (χ4n) is 4.48. The minimum Gasteiger partial charge on any atom is -0.456 e. The molecular formula is C27H14ClN3O2. The van der Waals surface area contributed by atoms with Crippen molar-refractivity contribution in [1.82, 2.24) is 15.0 Å². The summed E-state index contributed by atoms with van der Waals surface area (Å²) in [5, 5.41) is 4.12. The van der Waals surface area contributed by atoms with Gasteiger partial charge in [-0.25, -0.2) is 4.98 Å². The first-order valence-corrected chi connectivity index (χ1v) is 10.9. The normalized spacial score (nSPS) is 11.8. The van der Waals surface area contributed by atoms with Crippen molar-refractivity contribution in [2.45, 2.75) is 0 Å². The molecule has 0 atom stereocenters. The van der Waals surface area contributed by atoms with Crippen molar-refractivity contribution >= 4 is 55.5 Å². The molecule has 0 radical (unpaired) electrons. The van der Waals surface area contributed by atoms with Crippen molar-refractivity contribution in [3.63, 3.8) is 0 Å². The van der Waals surface area contributed by atoms with Crippen LogP contribution < -0.4 is 0 Å². The van der Waals surface area contributed by atoms with Gasteiger partial charge in [-0.1, -0.05) is 60.7 Å². The van der Waals surface area contributed by atoms with E-state index < -0.39 is 0 Å². The maximum absolute atomic E-state index is 6.41. The molecule has 7 rings (SSSR count). The highest BCUT2D eigenvalue weighted by Gasteiger charge is 2.18. The summed E-state index contributed by atoms with van der Waals surface area (Å²) < 4.78 is 12.2. The molecule has 5 nitrogen and oxygen atoms in total. The number of furan rings is 2. The van der Waals surface area contributed by atoms with E-state index in [0.29, 0.717) is 11.6 Å². The van der Waals surface area contributed by atoms with Crippen LogP contribution in [0.15, 0.2) is 93.8 Å². The summed E-state index contributed by atoms with van der Waals surface area (Å²) in [5.41, 5.74) is 4.71. The van der Waals surface area contributed by atoms with Crippen molar-refractivity contribution in [2.24, 2.45) is 0 Å². The highest BCUT2D eigenvalue weighted by Crippen LogP contribution is 2.38. The number of nitrogens with zero attached hydrogens (tertiary/aromatic N) is 3. The Labute approximate surface area is 192 Å². The van der Waals surface area contributed by atoms with Gasteiger partial charge in [0.25, 0.3) is 0 Å². The molecule has 0 fully saturated rings. The van der Waals surface area contributed by atoms with Gasteiger partial charge in [0, 0.05) is 27.1 Å². The van der Waals surface area contributed by atoms with Crippen LogP contribution >= 0.6 is 11.6 Å². The Bertz CT molecular complexity index is 1850. The standard InChI is InChI=1S/C27H14ClN3O2/c28-27-30-25(18-10-6-14-22-23(18)17-8-2-4-13-21(17)32-22)29-26(31-27)19-11-5-9-16-15-7-1-3-12-20(15)33-24(16)19/h1-14H. The molecule has 6 heteroatoms. The zero-order chi connectivity index (χ0) is 21.9. The van der Waals surface area contributed by atoms with E-state index in [4.69, 9.17) is 25.4 Å². The first kappa shape index (κ1) is 18.4. The largest absolute Gasteiger partial charge is 0.456 e. The molecule has 0 bridgehead atoms. The lowest BCUT2D eigenvalue weighted by Crippen LogP contribution is -1.97. The summed E-state index contributed by atoms with van der Waals surface area (Å²) in [7, 11) is 0. The molecule has 0 aliphatic rings. The monoisotopic (exact) mass is 447 g/mol. The maximum atomic E-state index is 6.41. The van der Waals surface area contributed by atoms with Crippen LogP contribution in [-0.4, -0.2) is 15.0 Å². The molecule has 7 aromatic rings. The Balaban J connectivity index is 1.50. The van der Waals surface area contributed by atoms with E-state index in [2.05, 4.69) is 9.97 Å². The molecule has 0 aliphatic carbocycles. The summed E-state index contributed by atoms with van der Waals surface area (Å²) in [6.07, 6.45) is 0. The van der Waals surface area contributed by atoms with E-state index in [0.717, 1.165) is 55.0 Å². The van der Waals surface area contributed by atoms with Crippen molar-refractivity contribution in [1.29, 1.82) is 0 Å². The van der Waals surface area contributed by atoms with Crippen LogP contribution in [0.5, 0.6) is 0 Å². The number of benzene rings is 4. The minimum atomic E-state index is 0.118. The third-order valence-electron chi connectivity index (χ3n) is 5.90. The highest BCUT2D eigenvalue weighted by atomic mass is 35.5. The second-order valence-corrected chi connectivity index (χ2v) is 8.15. The van der Waals surface area contributed by atoms with E-state index in [1.54, 1.807) is 0 Å². The second kappa shape index (κ2) is 6.89. The van der Waals surface area contributed by atoms with Crippen LogP contribution in [0.2, 0.25) is 5.28 Å². The molecule has 3 heterocycles. The number of fused-ring (bicyclic) bond motifs is 6. The van der Waals surface area contributed by atoms with Gasteiger partial charge in [0.15, 0.2) is 11.6 Å². The summed E-state index contributed by atoms with van der Waals surface area (Å²) in [5.74, 6) is 0.940. The zero-order valence-electron chi connectivity index (χ0n) is 17.1. The van der Waals surface area contributed by atoms with Gasteiger partial charge < -0.3 is 8.83 Å². The number of hydrogen-bond acceptors (Lipinski definition) is 5. The van der Waals surface area contributed by atoms with E-state index in [1.807, 2.05) is 84.9 Å². The third kappa shape index (κ3) is 2.76. The molecule has 0 N–H and O–H groups in total. The smallest absolute Gasteiger partial charge is 0.226 e. The molecule has 3 aromatic heterocycles. The molecule has 0 saturated heterocycles. The maximum Gasteiger partial charge on any atom is 0.226 e. The fourth-order valence-corrected chi connectivity index (χ4v) is 4.64. The molecule has 0 unspecified atom stereocenters. The molecular weight excluding hydrogens is 434 g/mol. The summed E-state index contributed by atoms with van der Waals surface area (Å²) in [6.45, 7) is 0. The van der Waals surface area contributed by atoms with Gasteiger partial charge >= 0.3 is 0 Å². The zero-order valence-corrected chi connectivity index (χ0v) is 17.9. The lowest BCUT2D eigenvalue weighted by atomic mass is 10.1. The summed E-state index contributed by atoms with van der Waals surface area (Å²) in [4.78, 5) is 13.7. The number of aromatic nitrogens is 3. The Morgan fingerprint density at radius 2 is 1.12 bits per heavy atom. The predicted molar refractivity (Wildman–Crippen MR) is 130 cm³/mol. The first-order chi connectivity index (χ1) is 16.3. The van der Waals surface area contributed by atoms with E-state index in [1.165, 1.54) is 0 Å². The minimum absolute atomic E-state index is 0.118. The number of rotatable bonds is 2. The van der Waals surface area contributed by atoms with E-state index in [-0.39, 0.29) is 5.28 Å². The molecule has 0 saturated carbocycles. The second-order valence-electron chi connectivity index (χ2n) is 7.81. The van der Waals surface area contributed by atoms with Gasteiger partial charge in [0.05, 0.1) is 5.56 Å². The average molecular weight is 448 g/mol. The van der Waals surface area contributed by atoms with Gasteiger partial charge in [0.1, 0.15) is 22.3 Å². The number of hydrogen-bond donors (Lipinski definition) is 0. The van der Waals surface area contributed by atoms with Gasteiger partial charge in [-0.15, -0.1) is 0 Å². The Kier molecular flexibility index (Phi) is 3.83. The van der Waals surface area contributed by atoms with Crippen molar-refractivity contribution < 1.29 is 8.83 Å². The SMILES string of the molecule is Clc1nc(-c2cccc3c2oc2ccccc23)nc(-c2cccc3oc4ccccc4c23)n1. The molecule has 0 aliphatic heterocycles. The lowest BCUT2D eigenvalue weighted by Gasteiger charge is -2.06. The highest BCUT2D eigenvalue weighted by molar-refractivity contribution is 6.28. The van der Waals surface area contributed by atoms with Crippen LogP contribution in [0.1, 0.15) is 0 Å². The van der Waals surface area contributed by atoms with Crippen molar-refractivity contribution in [2.75, 3.05) is 0 Å². The first-order valence-electron chi connectivity index (χ1n) is 10.5. The van der Waals surface area contributed by atoms with Crippen LogP contribution in [-0.2, 0) is 0 Å². The van der Waals surface area contributed by atoms with E-state index in [9.17, 15) is 0 Å². The Morgan fingerprint density at radius 1 is 0.515 bits per heavy atom. The third-order valence-corrected chi connectivity index (χ3v) is 6.07. The lowest BCUT2D eigenvalue weighted by molar-refractivity contribution is 0.668. The fraction of sp³-hybridized carbons (Fsp3) is 0. The predicted octanol–water partition coefficient (Wildman–Crippen LogP) is 7.66. The van der Waals surface area contributed by atoms with Gasteiger partial charge in [-0.2, -0.15) is 9.97 Å². The molecule has 0 spiro atoms. The summed E-state index contributed by atoms with van der Waals surface area (Å²) >= 11 is 6.41. The van der Waals surface area contributed by atoms with Gasteiger partial charge in [-0.3, -0.25) is 0 Å². The Morgan fingerprint density at radius 3 is 1.97 bits per heavy atom.